The first-order valence-electron chi connectivity index (χ1n) is 13.6. The third-order valence-electron chi connectivity index (χ3n) is 7.51. The highest BCUT2D eigenvalue weighted by Gasteiger charge is 2.56. The number of esters is 4. The van der Waals surface area contributed by atoms with Gasteiger partial charge in [0.25, 0.3) is 0 Å². The van der Waals surface area contributed by atoms with Crippen LogP contribution in [0.15, 0.2) is 42.7 Å². The molecule has 11 heteroatoms. The van der Waals surface area contributed by atoms with E-state index in [1.165, 1.54) is 27.7 Å². The molecule has 42 heavy (non-hydrogen) atoms. The second-order valence-electron chi connectivity index (χ2n) is 10.5. The number of hydrogen-bond acceptors (Lipinski definition) is 9. The van der Waals surface area contributed by atoms with Crippen molar-refractivity contribution in [3.05, 3.63) is 53.9 Å². The summed E-state index contributed by atoms with van der Waals surface area (Å²) < 4.78 is 30.1. The molecule has 0 saturated carbocycles. The molecule has 2 aromatic heterocycles. The van der Waals surface area contributed by atoms with E-state index in [0.29, 0.717) is 0 Å². The van der Waals surface area contributed by atoms with Gasteiger partial charge in [0.2, 0.25) is 6.10 Å². The fourth-order valence-electron chi connectivity index (χ4n) is 5.82. The van der Waals surface area contributed by atoms with Crippen LogP contribution in [0.25, 0.3) is 32.6 Å². The number of rotatable bonds is 6. The maximum absolute atomic E-state index is 12.3. The molecule has 11 nitrogen and oxygen atoms in total. The molecule has 4 aromatic rings. The number of para-hydroxylation sites is 1. The number of aromatic nitrogens is 2. The van der Waals surface area contributed by atoms with Gasteiger partial charge < -0.3 is 28.7 Å². The molecule has 0 bridgehead atoms. The average Bonchev–Trinajstić information content (AvgIpc) is 3.32. The van der Waals surface area contributed by atoms with Crippen LogP contribution in [-0.4, -0.2) is 59.9 Å². The Balaban J connectivity index is 1.68. The van der Waals surface area contributed by atoms with Crippen molar-refractivity contribution in [2.24, 2.45) is 0 Å². The van der Waals surface area contributed by atoms with E-state index in [9.17, 15) is 19.2 Å². The number of H-pyrrole nitrogens is 1. The van der Waals surface area contributed by atoms with Crippen LogP contribution in [0.5, 0.6) is 0 Å². The molecule has 2 aromatic carbocycles. The van der Waals surface area contributed by atoms with Crippen LogP contribution in [0, 0.1) is 13.8 Å². The second kappa shape index (κ2) is 11.4. The molecule has 1 fully saturated rings. The van der Waals surface area contributed by atoms with Crippen molar-refractivity contribution in [3.63, 3.8) is 0 Å². The number of carbonyl (C=O) groups is 4. The molecule has 5 rings (SSSR count). The number of ether oxygens (including phenoxy) is 5. The Morgan fingerprint density at radius 1 is 0.786 bits per heavy atom. The Kier molecular flexibility index (Phi) is 7.87. The van der Waals surface area contributed by atoms with Crippen LogP contribution < -0.4 is 4.57 Å². The van der Waals surface area contributed by atoms with Gasteiger partial charge in [-0.3, -0.25) is 19.2 Å². The van der Waals surface area contributed by atoms with E-state index in [-0.39, 0.29) is 6.61 Å². The molecule has 0 aliphatic carbocycles. The summed E-state index contributed by atoms with van der Waals surface area (Å²) in [6.45, 7) is 8.65. The van der Waals surface area contributed by atoms with E-state index in [1.54, 1.807) is 10.8 Å². The topological polar surface area (TPSA) is 134 Å². The predicted molar refractivity (Wildman–Crippen MR) is 150 cm³/mol. The Morgan fingerprint density at radius 2 is 1.43 bits per heavy atom. The Hall–Kier alpha value is -4.51. The molecule has 5 atom stereocenters. The lowest BCUT2D eigenvalue weighted by Gasteiger charge is -2.41. The van der Waals surface area contributed by atoms with E-state index < -0.39 is 54.5 Å². The first kappa shape index (κ1) is 29.0. The van der Waals surface area contributed by atoms with Crippen LogP contribution in [0.4, 0.5) is 0 Å². The van der Waals surface area contributed by atoms with Gasteiger partial charge in [-0.05, 0) is 36.4 Å². The number of fused-ring (bicyclic) bond motifs is 4. The second-order valence-corrected chi connectivity index (χ2v) is 10.5. The van der Waals surface area contributed by atoms with Crippen molar-refractivity contribution in [1.29, 1.82) is 0 Å². The third kappa shape index (κ3) is 5.39. The summed E-state index contributed by atoms with van der Waals surface area (Å²) in [7, 11) is 0. The zero-order valence-corrected chi connectivity index (χ0v) is 24.3. The van der Waals surface area contributed by atoms with Gasteiger partial charge in [-0.2, -0.15) is 4.57 Å². The minimum atomic E-state index is -1.25. The molecule has 0 spiro atoms. The lowest BCUT2D eigenvalue weighted by atomic mass is 9.95. The number of aromatic amines is 1. The summed E-state index contributed by atoms with van der Waals surface area (Å²) in [6.07, 6.45) is -2.08. The van der Waals surface area contributed by atoms with Gasteiger partial charge in [-0.1, -0.05) is 18.2 Å². The Bertz CT molecular complexity index is 1730. The summed E-state index contributed by atoms with van der Waals surface area (Å²) >= 11 is 0. The Labute approximate surface area is 241 Å². The largest absolute Gasteiger partial charge is 0.463 e. The van der Waals surface area contributed by atoms with Crippen molar-refractivity contribution in [3.8, 4) is 0 Å². The first-order chi connectivity index (χ1) is 20.0. The normalized spacial score (nSPS) is 22.2. The van der Waals surface area contributed by atoms with Crippen LogP contribution in [0.3, 0.4) is 0 Å². The van der Waals surface area contributed by atoms with Crippen molar-refractivity contribution in [1.82, 2.24) is 4.98 Å². The lowest BCUT2D eigenvalue weighted by Crippen LogP contribution is -2.65. The number of nitrogens with one attached hydrogen (secondary N) is 1. The highest BCUT2D eigenvalue weighted by atomic mass is 16.7. The van der Waals surface area contributed by atoms with E-state index in [2.05, 4.69) is 18.0 Å². The van der Waals surface area contributed by atoms with Crippen molar-refractivity contribution < 1.29 is 47.4 Å². The van der Waals surface area contributed by atoms with E-state index in [0.717, 1.165) is 43.7 Å². The molecule has 0 amide bonds. The number of aryl methyl sites for hydroxylation is 2. The van der Waals surface area contributed by atoms with Gasteiger partial charge in [-0.15, -0.1) is 0 Å². The van der Waals surface area contributed by atoms with Gasteiger partial charge >= 0.3 is 30.1 Å². The molecule has 1 saturated heterocycles. The smallest absolute Gasteiger partial charge is 0.304 e. The molecule has 220 valence electrons. The van der Waals surface area contributed by atoms with Gasteiger partial charge in [0.1, 0.15) is 12.7 Å². The minimum Gasteiger partial charge on any atom is -0.463 e. The molecule has 0 unspecified atom stereocenters. The lowest BCUT2D eigenvalue weighted by molar-refractivity contribution is -0.776. The Morgan fingerprint density at radius 3 is 2.10 bits per heavy atom. The number of pyridine rings is 1. The van der Waals surface area contributed by atoms with Crippen LogP contribution in [-0.2, 0) is 42.9 Å². The highest BCUT2D eigenvalue weighted by Crippen LogP contribution is 2.37. The average molecular weight is 578 g/mol. The first-order valence-corrected chi connectivity index (χ1v) is 13.6. The zero-order chi connectivity index (χ0) is 30.3. The van der Waals surface area contributed by atoms with Gasteiger partial charge in [-0.25, -0.2) is 0 Å². The van der Waals surface area contributed by atoms with Gasteiger partial charge in [0.05, 0.1) is 5.52 Å². The predicted octanol–water partition coefficient (Wildman–Crippen LogP) is 3.63. The van der Waals surface area contributed by atoms with E-state index >= 15 is 0 Å². The van der Waals surface area contributed by atoms with Crippen LogP contribution in [0.2, 0.25) is 0 Å². The number of benzene rings is 2. The standard InChI is InChI=1S/C31H32N2O9/c1-15-23-13-33(12-11-21(23)16(2)27-26(15)22-9-7-8-10-24(22)32-27)31-30(41-20(6)37)29(40-19(5)36)28(39-18(4)35)25(42-31)14-38-17(3)34/h7-13,25,28-31H,14H2,1-6H3/p+1/t25-,28-,29+,30-,31-/m1/s1. The maximum Gasteiger partial charge on any atom is 0.304 e. The fraction of sp³-hybridized carbons (Fsp3) is 0.387. The number of nitrogens with zero attached hydrogens (tertiary/aromatic N) is 1. The molecular formula is C31H33N2O9+. The third-order valence-corrected chi connectivity index (χ3v) is 7.51. The van der Waals surface area contributed by atoms with E-state index in [1.807, 2.05) is 37.4 Å². The molecule has 0 radical (unpaired) electrons. The number of carbonyl (C=O) groups excluding carboxylic acids is 4. The van der Waals surface area contributed by atoms with Gasteiger partial charge in [0, 0.05) is 55.4 Å². The minimum absolute atomic E-state index is 0.295. The summed E-state index contributed by atoms with van der Waals surface area (Å²) in [4.78, 5) is 51.8. The van der Waals surface area contributed by atoms with Crippen LogP contribution >= 0.6 is 0 Å². The molecule has 1 N–H and O–H groups in total. The molecular weight excluding hydrogens is 544 g/mol. The highest BCUT2D eigenvalue weighted by molar-refractivity contribution is 6.16. The fourth-order valence-corrected chi connectivity index (χ4v) is 5.82. The zero-order valence-electron chi connectivity index (χ0n) is 24.3. The summed E-state index contributed by atoms with van der Waals surface area (Å²) in [5.74, 6) is -2.59. The summed E-state index contributed by atoms with van der Waals surface area (Å²) in [5.41, 5.74) is 4.17. The maximum atomic E-state index is 12.3. The van der Waals surface area contributed by atoms with Gasteiger partial charge in [0.15, 0.2) is 24.6 Å². The van der Waals surface area contributed by atoms with Crippen molar-refractivity contribution in [2.45, 2.75) is 72.2 Å². The summed E-state index contributed by atoms with van der Waals surface area (Å²) in [6, 6.07) is 10.0. The molecule has 1 aliphatic heterocycles. The van der Waals surface area contributed by atoms with Crippen molar-refractivity contribution >= 4 is 56.5 Å². The van der Waals surface area contributed by atoms with E-state index in [4.69, 9.17) is 23.7 Å². The van der Waals surface area contributed by atoms with Crippen LogP contribution in [0.1, 0.15) is 45.0 Å². The molecule has 3 heterocycles. The summed E-state index contributed by atoms with van der Waals surface area (Å²) in [5, 5.41) is 4.13. The number of hydrogen-bond donors (Lipinski definition) is 1. The SMILES string of the molecule is CC(=O)OC[C@H]1O[C@@H]([n+]2ccc3c(C)c4[nH]c5ccccc5c4c(C)c3c2)[C@H](OC(C)=O)[C@@H](OC(C)=O)[C@@H]1OC(C)=O. The van der Waals surface area contributed by atoms with Crippen molar-refractivity contribution in [2.75, 3.05) is 6.61 Å². The quantitative estimate of drug-likeness (QED) is 0.207. The monoisotopic (exact) mass is 577 g/mol. The molecule has 1 aliphatic rings.